The van der Waals surface area contributed by atoms with Crippen molar-refractivity contribution in [1.29, 1.82) is 0 Å². The Bertz CT molecular complexity index is 120. The SMILES string of the molecule is CC(=O)C1(F)CNC1. The van der Waals surface area contributed by atoms with Crippen molar-refractivity contribution < 1.29 is 9.18 Å². The van der Waals surface area contributed by atoms with Gasteiger partial charge in [0.05, 0.1) is 0 Å². The summed E-state index contributed by atoms with van der Waals surface area (Å²) in [5.41, 5.74) is -1.53. The van der Waals surface area contributed by atoms with Crippen LogP contribution in [0.25, 0.3) is 0 Å². The Morgan fingerprint density at radius 3 is 2.25 bits per heavy atom. The van der Waals surface area contributed by atoms with Crippen LogP contribution in [0.5, 0.6) is 0 Å². The fraction of sp³-hybridized carbons (Fsp3) is 0.800. The van der Waals surface area contributed by atoms with Gasteiger partial charge in [0.25, 0.3) is 0 Å². The molecule has 0 aliphatic carbocycles. The van der Waals surface area contributed by atoms with Gasteiger partial charge < -0.3 is 5.32 Å². The highest BCUT2D eigenvalue weighted by molar-refractivity contribution is 5.86. The van der Waals surface area contributed by atoms with Crippen LogP contribution in [-0.4, -0.2) is 24.5 Å². The molecule has 1 heterocycles. The average molecular weight is 117 g/mol. The number of hydrogen-bond acceptors (Lipinski definition) is 2. The van der Waals surface area contributed by atoms with E-state index < -0.39 is 5.67 Å². The minimum absolute atomic E-state index is 0.197. The Balaban J connectivity index is 2.53. The van der Waals surface area contributed by atoms with Crippen LogP contribution < -0.4 is 5.32 Å². The van der Waals surface area contributed by atoms with Crippen LogP contribution in [0.2, 0.25) is 0 Å². The van der Waals surface area contributed by atoms with Gasteiger partial charge in [-0.2, -0.15) is 0 Å². The molecule has 0 bridgehead atoms. The summed E-state index contributed by atoms with van der Waals surface area (Å²) in [5, 5.41) is 2.69. The highest BCUT2D eigenvalue weighted by Crippen LogP contribution is 2.16. The zero-order valence-corrected chi connectivity index (χ0v) is 4.70. The van der Waals surface area contributed by atoms with Gasteiger partial charge in [-0.05, 0) is 6.92 Å². The van der Waals surface area contributed by atoms with E-state index in [0.29, 0.717) is 0 Å². The lowest BCUT2D eigenvalue weighted by atomic mass is 9.95. The van der Waals surface area contributed by atoms with Gasteiger partial charge in [0.1, 0.15) is 0 Å². The first-order valence-corrected chi connectivity index (χ1v) is 2.56. The molecule has 2 nitrogen and oxygen atoms in total. The van der Waals surface area contributed by atoms with E-state index in [1.165, 1.54) is 6.92 Å². The van der Waals surface area contributed by atoms with E-state index in [0.717, 1.165) is 0 Å². The zero-order chi connectivity index (χ0) is 6.20. The molecule has 0 atom stereocenters. The van der Waals surface area contributed by atoms with Crippen LogP contribution in [0.15, 0.2) is 0 Å². The normalized spacial score (nSPS) is 24.2. The molecule has 0 unspecified atom stereocenters. The smallest absolute Gasteiger partial charge is 0.192 e. The van der Waals surface area contributed by atoms with E-state index in [4.69, 9.17) is 0 Å². The summed E-state index contributed by atoms with van der Waals surface area (Å²) in [6.07, 6.45) is 0. The second-order valence-electron chi connectivity index (χ2n) is 2.13. The molecule has 8 heavy (non-hydrogen) atoms. The van der Waals surface area contributed by atoms with Gasteiger partial charge in [0.2, 0.25) is 0 Å². The molecule has 0 amide bonds. The van der Waals surface area contributed by atoms with Crippen LogP contribution in [0.4, 0.5) is 4.39 Å². The van der Waals surface area contributed by atoms with Crippen LogP contribution in [0.3, 0.4) is 0 Å². The summed E-state index contributed by atoms with van der Waals surface area (Å²) in [5.74, 6) is -0.365. The van der Waals surface area contributed by atoms with Crippen molar-refractivity contribution >= 4 is 5.78 Å². The maximum Gasteiger partial charge on any atom is 0.192 e. The summed E-state index contributed by atoms with van der Waals surface area (Å²) in [4.78, 5) is 10.3. The second kappa shape index (κ2) is 1.52. The largest absolute Gasteiger partial charge is 0.309 e. The highest BCUT2D eigenvalue weighted by Gasteiger charge is 2.41. The number of nitrogens with one attached hydrogen (secondary N) is 1. The van der Waals surface area contributed by atoms with Gasteiger partial charge in [-0.15, -0.1) is 0 Å². The maximum atomic E-state index is 12.6. The van der Waals surface area contributed by atoms with E-state index in [-0.39, 0.29) is 18.9 Å². The zero-order valence-electron chi connectivity index (χ0n) is 4.70. The molecule has 3 heteroatoms. The first-order valence-electron chi connectivity index (χ1n) is 2.56. The molecule has 0 aromatic rings. The molecule has 0 spiro atoms. The minimum Gasteiger partial charge on any atom is -0.309 e. The number of carbonyl (C=O) groups is 1. The third-order valence-corrected chi connectivity index (χ3v) is 1.44. The number of ketones is 1. The number of halogens is 1. The topological polar surface area (TPSA) is 29.1 Å². The van der Waals surface area contributed by atoms with Crippen molar-refractivity contribution in [3.8, 4) is 0 Å². The lowest BCUT2D eigenvalue weighted by Crippen LogP contribution is -2.60. The molecule has 46 valence electrons. The summed E-state index contributed by atoms with van der Waals surface area (Å²) >= 11 is 0. The Hall–Kier alpha value is -0.440. The maximum absolute atomic E-state index is 12.6. The van der Waals surface area contributed by atoms with Gasteiger partial charge >= 0.3 is 0 Å². The number of Topliss-reactive ketones (excluding diaryl/α,β-unsaturated/α-hetero) is 1. The van der Waals surface area contributed by atoms with Crippen molar-refractivity contribution in [2.45, 2.75) is 12.6 Å². The fourth-order valence-corrected chi connectivity index (χ4v) is 0.593. The van der Waals surface area contributed by atoms with Crippen LogP contribution in [-0.2, 0) is 4.79 Å². The monoisotopic (exact) mass is 117 g/mol. The van der Waals surface area contributed by atoms with Gasteiger partial charge in [0, 0.05) is 13.1 Å². The first kappa shape index (κ1) is 5.69. The molecular formula is C5H8FNO. The van der Waals surface area contributed by atoms with Crippen LogP contribution >= 0.6 is 0 Å². The van der Waals surface area contributed by atoms with Crippen molar-refractivity contribution in [1.82, 2.24) is 5.32 Å². The van der Waals surface area contributed by atoms with Gasteiger partial charge in [-0.3, -0.25) is 4.79 Å². The summed E-state index contributed by atoms with van der Waals surface area (Å²) < 4.78 is 12.6. The number of alkyl halides is 1. The Morgan fingerprint density at radius 2 is 2.25 bits per heavy atom. The molecule has 1 saturated heterocycles. The molecule has 0 aromatic carbocycles. The summed E-state index contributed by atoms with van der Waals surface area (Å²) in [6.45, 7) is 1.67. The van der Waals surface area contributed by atoms with E-state index in [1.807, 2.05) is 0 Å². The quantitative estimate of drug-likeness (QED) is 0.519. The van der Waals surface area contributed by atoms with E-state index in [2.05, 4.69) is 5.32 Å². The predicted octanol–water partition coefficient (Wildman–Crippen LogP) is -0.113. The molecule has 1 aliphatic heterocycles. The minimum atomic E-state index is -1.53. The number of hydrogen-bond donors (Lipinski definition) is 1. The third kappa shape index (κ3) is 0.629. The van der Waals surface area contributed by atoms with Crippen molar-refractivity contribution in [3.05, 3.63) is 0 Å². The number of carbonyl (C=O) groups excluding carboxylic acids is 1. The summed E-state index contributed by atoms with van der Waals surface area (Å²) in [7, 11) is 0. The second-order valence-corrected chi connectivity index (χ2v) is 2.13. The Labute approximate surface area is 47.1 Å². The van der Waals surface area contributed by atoms with Crippen LogP contribution in [0, 0.1) is 0 Å². The molecule has 1 fully saturated rings. The third-order valence-electron chi connectivity index (χ3n) is 1.44. The highest BCUT2D eigenvalue weighted by atomic mass is 19.1. The van der Waals surface area contributed by atoms with E-state index in [1.54, 1.807) is 0 Å². The average Bonchev–Trinajstić information content (AvgIpc) is 1.60. The van der Waals surface area contributed by atoms with Gasteiger partial charge in [-0.1, -0.05) is 0 Å². The molecule has 0 saturated carbocycles. The van der Waals surface area contributed by atoms with E-state index >= 15 is 0 Å². The Kier molecular flexibility index (Phi) is 1.08. The molecule has 1 N–H and O–H groups in total. The molecule has 0 radical (unpaired) electrons. The molecule has 0 aromatic heterocycles. The Morgan fingerprint density at radius 1 is 1.75 bits per heavy atom. The predicted molar refractivity (Wildman–Crippen MR) is 27.4 cm³/mol. The lowest BCUT2D eigenvalue weighted by molar-refractivity contribution is -0.131. The lowest BCUT2D eigenvalue weighted by Gasteiger charge is -2.31. The summed E-state index contributed by atoms with van der Waals surface area (Å²) in [6, 6.07) is 0. The van der Waals surface area contributed by atoms with Crippen molar-refractivity contribution in [3.63, 3.8) is 0 Å². The van der Waals surface area contributed by atoms with Crippen molar-refractivity contribution in [2.75, 3.05) is 13.1 Å². The fourth-order valence-electron chi connectivity index (χ4n) is 0.593. The molecule has 1 rings (SSSR count). The van der Waals surface area contributed by atoms with Gasteiger partial charge in [0.15, 0.2) is 11.5 Å². The number of rotatable bonds is 1. The first-order chi connectivity index (χ1) is 3.65. The van der Waals surface area contributed by atoms with Crippen LogP contribution in [0.1, 0.15) is 6.92 Å². The molecule has 1 aliphatic rings. The molecular weight excluding hydrogens is 109 g/mol. The standard InChI is InChI=1S/C5H8FNO/c1-4(8)5(6)2-7-3-5/h7H,2-3H2,1H3. The van der Waals surface area contributed by atoms with Gasteiger partial charge in [-0.25, -0.2) is 4.39 Å². The van der Waals surface area contributed by atoms with E-state index in [9.17, 15) is 9.18 Å². The van der Waals surface area contributed by atoms with Crippen molar-refractivity contribution in [2.24, 2.45) is 0 Å².